The monoisotopic (exact) mass is 303 g/mol. The van der Waals surface area contributed by atoms with Gasteiger partial charge in [0.25, 0.3) is 5.91 Å². The molecule has 1 aromatic rings. The Labute approximate surface area is 130 Å². The van der Waals surface area contributed by atoms with E-state index in [1.165, 1.54) is 16.9 Å². The lowest BCUT2D eigenvalue weighted by molar-refractivity contribution is 0.0609. The Bertz CT molecular complexity index is 545. The Kier molecular flexibility index (Phi) is 4.27. The predicted molar refractivity (Wildman–Crippen MR) is 83.5 cm³/mol. The average Bonchev–Trinajstić information content (AvgIpc) is 3.10. The van der Waals surface area contributed by atoms with E-state index in [2.05, 4.69) is 17.0 Å². The maximum atomic E-state index is 12.6. The van der Waals surface area contributed by atoms with Crippen molar-refractivity contribution in [2.24, 2.45) is 0 Å². The molecule has 21 heavy (non-hydrogen) atoms. The minimum Gasteiger partial charge on any atom is -0.335 e. The molecular weight excluding hydrogens is 282 g/mol. The van der Waals surface area contributed by atoms with Crippen molar-refractivity contribution in [3.63, 3.8) is 0 Å². The fraction of sp³-hybridized carbons (Fsp3) is 0.625. The molecule has 3 rings (SSSR count). The van der Waals surface area contributed by atoms with Gasteiger partial charge in [0.15, 0.2) is 0 Å². The van der Waals surface area contributed by atoms with E-state index >= 15 is 0 Å². The summed E-state index contributed by atoms with van der Waals surface area (Å²) in [5.74, 6) is 0.180. The van der Waals surface area contributed by atoms with Gasteiger partial charge in [0.1, 0.15) is 0 Å². The molecule has 112 valence electrons. The summed E-state index contributed by atoms with van der Waals surface area (Å²) in [5, 5.41) is 9.13. The van der Waals surface area contributed by atoms with E-state index in [1.807, 2.05) is 11.8 Å². The number of nitriles is 1. The summed E-state index contributed by atoms with van der Waals surface area (Å²) in [6.45, 7) is 5.13. The van der Waals surface area contributed by atoms with Crippen LogP contribution in [0.1, 0.15) is 39.9 Å². The number of hydrogen-bond donors (Lipinski definition) is 0. The topological polar surface area (TPSA) is 47.3 Å². The van der Waals surface area contributed by atoms with Crippen LogP contribution in [0.4, 0.5) is 0 Å². The molecule has 1 unspecified atom stereocenters. The van der Waals surface area contributed by atoms with Gasteiger partial charge >= 0.3 is 0 Å². The number of piperazine rings is 1. The first-order valence-electron chi connectivity index (χ1n) is 7.77. The predicted octanol–water partition coefficient (Wildman–Crippen LogP) is 2.30. The number of carbonyl (C=O) groups excluding carboxylic acids is 1. The maximum absolute atomic E-state index is 12.6. The molecule has 0 radical (unpaired) electrons. The third kappa shape index (κ3) is 2.83. The molecule has 1 aliphatic heterocycles. The van der Waals surface area contributed by atoms with Gasteiger partial charge in [-0.25, -0.2) is 0 Å². The molecule has 2 heterocycles. The molecule has 1 fully saturated rings. The Morgan fingerprint density at radius 2 is 2.14 bits per heavy atom. The second-order valence-electron chi connectivity index (χ2n) is 5.79. The van der Waals surface area contributed by atoms with Crippen LogP contribution in [0.25, 0.3) is 0 Å². The summed E-state index contributed by atoms with van der Waals surface area (Å²) < 4.78 is 0. The number of aryl methyl sites for hydroxylation is 2. The highest BCUT2D eigenvalue weighted by Gasteiger charge is 2.27. The van der Waals surface area contributed by atoms with Crippen molar-refractivity contribution < 1.29 is 4.79 Å². The second-order valence-corrected chi connectivity index (χ2v) is 6.93. The normalized spacial score (nSPS) is 20.1. The number of carbonyl (C=O) groups is 1. The van der Waals surface area contributed by atoms with Crippen LogP contribution in [0, 0.1) is 11.3 Å². The van der Waals surface area contributed by atoms with Crippen LogP contribution >= 0.6 is 11.3 Å². The van der Waals surface area contributed by atoms with Crippen molar-refractivity contribution >= 4 is 17.2 Å². The van der Waals surface area contributed by atoms with Gasteiger partial charge in [0.2, 0.25) is 0 Å². The average molecular weight is 303 g/mol. The van der Waals surface area contributed by atoms with Crippen LogP contribution in [0.15, 0.2) is 6.07 Å². The third-order valence-corrected chi connectivity index (χ3v) is 5.76. The van der Waals surface area contributed by atoms with Crippen LogP contribution in [0.5, 0.6) is 0 Å². The van der Waals surface area contributed by atoms with Crippen LogP contribution < -0.4 is 0 Å². The molecule has 1 aromatic heterocycles. The van der Waals surface area contributed by atoms with Crippen LogP contribution in [-0.4, -0.2) is 47.9 Å². The second kappa shape index (κ2) is 6.17. The van der Waals surface area contributed by atoms with E-state index in [4.69, 9.17) is 5.26 Å². The SMILES string of the molecule is CCC(C#N)N1CCN(C(=O)c2cc3c(s2)CCC3)CC1. The van der Waals surface area contributed by atoms with Crippen LogP contribution in [0.3, 0.4) is 0 Å². The largest absolute Gasteiger partial charge is 0.335 e. The first kappa shape index (κ1) is 14.6. The molecule has 1 saturated heterocycles. The van der Waals surface area contributed by atoms with Gasteiger partial charge in [0.05, 0.1) is 17.0 Å². The zero-order valence-electron chi connectivity index (χ0n) is 12.5. The molecule has 0 saturated carbocycles. The van der Waals surface area contributed by atoms with Gasteiger partial charge in [-0.05, 0) is 37.3 Å². The molecule has 0 spiro atoms. The van der Waals surface area contributed by atoms with Gasteiger partial charge in [-0.2, -0.15) is 5.26 Å². The summed E-state index contributed by atoms with van der Waals surface area (Å²) in [7, 11) is 0. The van der Waals surface area contributed by atoms with Gasteiger partial charge in [-0.3, -0.25) is 9.69 Å². The third-order valence-electron chi connectivity index (χ3n) is 4.54. The molecule has 1 amide bonds. The quantitative estimate of drug-likeness (QED) is 0.861. The summed E-state index contributed by atoms with van der Waals surface area (Å²) in [6, 6.07) is 4.44. The fourth-order valence-corrected chi connectivity index (χ4v) is 4.48. The van der Waals surface area contributed by atoms with Crippen molar-refractivity contribution in [2.75, 3.05) is 26.2 Å². The molecule has 5 heteroatoms. The number of hydrogen-bond acceptors (Lipinski definition) is 4. The van der Waals surface area contributed by atoms with Crippen molar-refractivity contribution in [2.45, 2.75) is 38.6 Å². The zero-order valence-corrected chi connectivity index (χ0v) is 13.3. The molecule has 0 N–H and O–H groups in total. The summed E-state index contributed by atoms with van der Waals surface area (Å²) >= 11 is 1.68. The molecule has 0 aromatic carbocycles. The van der Waals surface area contributed by atoms with E-state index in [0.717, 1.165) is 50.3 Å². The van der Waals surface area contributed by atoms with Gasteiger partial charge in [0, 0.05) is 31.1 Å². The lowest BCUT2D eigenvalue weighted by Gasteiger charge is -2.36. The van der Waals surface area contributed by atoms with E-state index < -0.39 is 0 Å². The van der Waals surface area contributed by atoms with Crippen LogP contribution in [-0.2, 0) is 12.8 Å². The van der Waals surface area contributed by atoms with E-state index in [0.29, 0.717) is 0 Å². The van der Waals surface area contributed by atoms with Crippen molar-refractivity contribution in [3.8, 4) is 6.07 Å². The van der Waals surface area contributed by atoms with Gasteiger partial charge in [-0.15, -0.1) is 11.3 Å². The highest BCUT2D eigenvalue weighted by Crippen LogP contribution is 2.31. The summed E-state index contributed by atoms with van der Waals surface area (Å²) in [5.41, 5.74) is 1.39. The standard InChI is InChI=1S/C16H21N3OS/c1-2-13(11-17)18-6-8-19(9-7-18)16(20)15-10-12-4-3-5-14(12)21-15/h10,13H,2-9H2,1H3. The molecule has 0 bridgehead atoms. The molecular formula is C16H21N3OS. The number of thiophene rings is 1. The molecule has 4 nitrogen and oxygen atoms in total. The van der Waals surface area contributed by atoms with Crippen molar-refractivity contribution in [3.05, 3.63) is 21.4 Å². The number of amides is 1. The summed E-state index contributed by atoms with van der Waals surface area (Å²) in [6.07, 6.45) is 4.36. The molecule has 1 aliphatic carbocycles. The first-order valence-corrected chi connectivity index (χ1v) is 8.59. The van der Waals surface area contributed by atoms with Crippen molar-refractivity contribution in [1.82, 2.24) is 9.80 Å². The number of fused-ring (bicyclic) bond motifs is 1. The maximum Gasteiger partial charge on any atom is 0.264 e. The first-order chi connectivity index (χ1) is 10.2. The van der Waals surface area contributed by atoms with E-state index in [1.54, 1.807) is 11.3 Å². The Morgan fingerprint density at radius 3 is 2.76 bits per heavy atom. The van der Waals surface area contributed by atoms with Gasteiger partial charge < -0.3 is 4.90 Å². The smallest absolute Gasteiger partial charge is 0.264 e. The Morgan fingerprint density at radius 1 is 1.38 bits per heavy atom. The highest BCUT2D eigenvalue weighted by atomic mass is 32.1. The fourth-order valence-electron chi connectivity index (χ4n) is 3.26. The van der Waals surface area contributed by atoms with E-state index in [-0.39, 0.29) is 11.9 Å². The molecule has 2 aliphatic rings. The highest BCUT2D eigenvalue weighted by molar-refractivity contribution is 7.14. The summed E-state index contributed by atoms with van der Waals surface area (Å²) in [4.78, 5) is 19.0. The lowest BCUT2D eigenvalue weighted by atomic mass is 10.1. The Balaban J connectivity index is 1.61. The van der Waals surface area contributed by atoms with Crippen LogP contribution in [0.2, 0.25) is 0 Å². The Hall–Kier alpha value is -1.38. The van der Waals surface area contributed by atoms with Crippen molar-refractivity contribution in [1.29, 1.82) is 5.26 Å². The van der Waals surface area contributed by atoms with E-state index in [9.17, 15) is 4.79 Å². The number of rotatable bonds is 3. The molecule has 1 atom stereocenters. The lowest BCUT2D eigenvalue weighted by Crippen LogP contribution is -2.51. The minimum atomic E-state index is -0.00667. The number of nitrogens with zero attached hydrogens (tertiary/aromatic N) is 3. The minimum absolute atomic E-state index is 0.00667. The van der Waals surface area contributed by atoms with Gasteiger partial charge in [-0.1, -0.05) is 6.92 Å². The zero-order chi connectivity index (χ0) is 14.8.